The van der Waals surface area contributed by atoms with Crippen LogP contribution < -0.4 is 14.8 Å². The fourth-order valence-electron chi connectivity index (χ4n) is 2.99. The van der Waals surface area contributed by atoms with E-state index < -0.39 is 0 Å². The Hall–Kier alpha value is -2.54. The normalized spacial score (nSPS) is 20.4. The molecule has 0 aliphatic carbocycles. The third kappa shape index (κ3) is 3.21. The molecule has 2 aliphatic heterocycles. The van der Waals surface area contributed by atoms with E-state index in [1.807, 2.05) is 41.2 Å². The van der Waals surface area contributed by atoms with Gasteiger partial charge < -0.3 is 14.8 Å². The van der Waals surface area contributed by atoms with Gasteiger partial charge in [0.05, 0.1) is 19.1 Å². The number of nitrogens with zero attached hydrogens (tertiary/aromatic N) is 3. The zero-order valence-corrected chi connectivity index (χ0v) is 13.3. The van der Waals surface area contributed by atoms with E-state index in [-0.39, 0.29) is 12.0 Å². The molecule has 0 saturated carbocycles. The minimum Gasteiger partial charge on any atom is -0.486 e. The van der Waals surface area contributed by atoms with E-state index in [1.54, 1.807) is 6.20 Å². The predicted molar refractivity (Wildman–Crippen MR) is 87.1 cm³/mol. The summed E-state index contributed by atoms with van der Waals surface area (Å²) in [6.07, 6.45) is 3.58. The van der Waals surface area contributed by atoms with Gasteiger partial charge in [0.1, 0.15) is 12.7 Å². The molecule has 2 aromatic rings. The summed E-state index contributed by atoms with van der Waals surface area (Å²) < 4.78 is 13.4. The van der Waals surface area contributed by atoms with E-state index in [0.717, 1.165) is 24.6 Å². The number of hydrogen-bond acceptors (Lipinski definition) is 5. The molecule has 0 radical (unpaired) electrons. The summed E-state index contributed by atoms with van der Waals surface area (Å²) in [5.74, 6) is 1.49. The Labute approximate surface area is 140 Å². The molecular weight excluding hydrogens is 308 g/mol. The number of rotatable bonds is 5. The zero-order chi connectivity index (χ0) is 16.4. The average Bonchev–Trinajstić information content (AvgIpc) is 3.09. The van der Waals surface area contributed by atoms with Crippen LogP contribution in [-0.4, -0.2) is 59.5 Å². The smallest absolute Gasteiger partial charge is 0.234 e. The lowest BCUT2D eigenvalue weighted by atomic mass is 10.1. The number of aromatic nitrogens is 2. The summed E-state index contributed by atoms with van der Waals surface area (Å²) in [7, 11) is 0. The lowest BCUT2D eigenvalue weighted by Crippen LogP contribution is -2.52. The van der Waals surface area contributed by atoms with E-state index in [0.29, 0.717) is 25.7 Å². The monoisotopic (exact) mass is 328 g/mol. The average molecular weight is 328 g/mol. The van der Waals surface area contributed by atoms with Gasteiger partial charge in [-0.15, -0.1) is 0 Å². The van der Waals surface area contributed by atoms with Crippen molar-refractivity contribution in [3.8, 4) is 11.5 Å². The van der Waals surface area contributed by atoms with Crippen LogP contribution in [0.5, 0.6) is 11.5 Å². The maximum Gasteiger partial charge on any atom is 0.234 e. The van der Waals surface area contributed by atoms with Crippen LogP contribution in [-0.2, 0) is 4.79 Å². The zero-order valence-electron chi connectivity index (χ0n) is 13.3. The van der Waals surface area contributed by atoms with Crippen LogP contribution in [0.4, 0.5) is 0 Å². The minimum atomic E-state index is -0.155. The van der Waals surface area contributed by atoms with Crippen molar-refractivity contribution in [3.63, 3.8) is 0 Å². The molecule has 2 aliphatic rings. The van der Waals surface area contributed by atoms with Crippen LogP contribution in [0.25, 0.3) is 0 Å². The highest BCUT2D eigenvalue weighted by Crippen LogP contribution is 2.30. The molecule has 1 N–H and O–H groups in total. The van der Waals surface area contributed by atoms with E-state index >= 15 is 0 Å². The molecule has 0 unspecified atom stereocenters. The molecule has 24 heavy (non-hydrogen) atoms. The lowest BCUT2D eigenvalue weighted by molar-refractivity contribution is -0.124. The van der Waals surface area contributed by atoms with Gasteiger partial charge in [0.15, 0.2) is 11.5 Å². The van der Waals surface area contributed by atoms with Gasteiger partial charge in [-0.2, -0.15) is 5.10 Å². The van der Waals surface area contributed by atoms with Gasteiger partial charge in [0.2, 0.25) is 5.91 Å². The molecule has 7 nitrogen and oxygen atoms in total. The largest absolute Gasteiger partial charge is 0.486 e. The number of ether oxygens (including phenoxy) is 2. The topological polar surface area (TPSA) is 68.6 Å². The first kappa shape index (κ1) is 15.0. The standard InChI is InChI=1S/C17H20N4O3/c22-17(11-20-9-13(10-20)21-7-3-6-19-21)18-8-14-12-23-15-4-1-2-5-16(15)24-14/h1-7,13-14H,8-12H2,(H,18,22)/t14-/m0/s1. The number of carbonyl (C=O) groups is 1. The summed E-state index contributed by atoms with van der Waals surface area (Å²) in [4.78, 5) is 14.2. The molecule has 126 valence electrons. The van der Waals surface area contributed by atoms with E-state index in [2.05, 4.69) is 15.3 Å². The third-order valence-corrected chi connectivity index (χ3v) is 4.30. The number of para-hydroxylation sites is 2. The number of likely N-dealkylation sites (tertiary alicyclic amines) is 1. The third-order valence-electron chi connectivity index (χ3n) is 4.30. The van der Waals surface area contributed by atoms with Crippen molar-refractivity contribution in [2.24, 2.45) is 0 Å². The summed E-state index contributed by atoms with van der Waals surface area (Å²) in [5, 5.41) is 7.15. The van der Waals surface area contributed by atoms with Gasteiger partial charge in [-0.1, -0.05) is 12.1 Å². The van der Waals surface area contributed by atoms with Crippen LogP contribution in [0.15, 0.2) is 42.7 Å². The Bertz CT molecular complexity index is 698. The second-order valence-corrected chi connectivity index (χ2v) is 6.14. The van der Waals surface area contributed by atoms with Crippen molar-refractivity contribution < 1.29 is 14.3 Å². The van der Waals surface area contributed by atoms with Gasteiger partial charge in [-0.3, -0.25) is 14.4 Å². The second kappa shape index (κ2) is 6.52. The van der Waals surface area contributed by atoms with E-state index in [4.69, 9.17) is 9.47 Å². The molecule has 7 heteroatoms. The fourth-order valence-corrected chi connectivity index (χ4v) is 2.99. The first-order chi connectivity index (χ1) is 11.8. The molecule has 0 bridgehead atoms. The second-order valence-electron chi connectivity index (χ2n) is 6.14. The van der Waals surface area contributed by atoms with Crippen LogP contribution in [0, 0.1) is 0 Å². The van der Waals surface area contributed by atoms with Gasteiger partial charge in [0, 0.05) is 25.5 Å². The minimum absolute atomic E-state index is 0.0105. The number of carbonyl (C=O) groups excluding carboxylic acids is 1. The number of benzene rings is 1. The quantitative estimate of drug-likeness (QED) is 0.875. The highest BCUT2D eigenvalue weighted by molar-refractivity contribution is 5.78. The van der Waals surface area contributed by atoms with Crippen molar-refractivity contribution in [2.45, 2.75) is 12.1 Å². The van der Waals surface area contributed by atoms with Crippen molar-refractivity contribution in [1.82, 2.24) is 20.0 Å². The maximum atomic E-state index is 12.1. The molecule has 1 aromatic carbocycles. The molecular formula is C17H20N4O3. The summed E-state index contributed by atoms with van der Waals surface area (Å²) in [6, 6.07) is 9.86. The van der Waals surface area contributed by atoms with Crippen LogP contribution in [0.1, 0.15) is 6.04 Å². The maximum absolute atomic E-state index is 12.1. The highest BCUT2D eigenvalue weighted by atomic mass is 16.6. The lowest BCUT2D eigenvalue weighted by Gasteiger charge is -2.38. The highest BCUT2D eigenvalue weighted by Gasteiger charge is 2.30. The van der Waals surface area contributed by atoms with E-state index in [9.17, 15) is 4.79 Å². The van der Waals surface area contributed by atoms with Crippen molar-refractivity contribution in [1.29, 1.82) is 0 Å². The Morgan fingerprint density at radius 2 is 2.08 bits per heavy atom. The predicted octanol–water partition coefficient (Wildman–Crippen LogP) is 0.696. The first-order valence-corrected chi connectivity index (χ1v) is 8.14. The van der Waals surface area contributed by atoms with Crippen LogP contribution in [0.2, 0.25) is 0 Å². The van der Waals surface area contributed by atoms with Crippen molar-refractivity contribution >= 4 is 5.91 Å². The van der Waals surface area contributed by atoms with Gasteiger partial charge in [-0.05, 0) is 18.2 Å². The molecule has 0 spiro atoms. The van der Waals surface area contributed by atoms with Crippen LogP contribution in [0.3, 0.4) is 0 Å². The van der Waals surface area contributed by atoms with Crippen LogP contribution >= 0.6 is 0 Å². The number of amides is 1. The van der Waals surface area contributed by atoms with Gasteiger partial charge in [0.25, 0.3) is 0 Å². The Balaban J connectivity index is 1.18. The first-order valence-electron chi connectivity index (χ1n) is 8.14. The molecule has 3 heterocycles. The Kier molecular flexibility index (Phi) is 4.08. The number of nitrogens with one attached hydrogen (secondary N) is 1. The Morgan fingerprint density at radius 3 is 2.88 bits per heavy atom. The van der Waals surface area contributed by atoms with Gasteiger partial charge >= 0.3 is 0 Å². The molecule has 1 atom stereocenters. The Morgan fingerprint density at radius 1 is 1.25 bits per heavy atom. The number of fused-ring (bicyclic) bond motifs is 1. The molecule has 1 fully saturated rings. The molecule has 4 rings (SSSR count). The molecule has 1 saturated heterocycles. The summed E-state index contributed by atoms with van der Waals surface area (Å²) >= 11 is 0. The SMILES string of the molecule is O=C(CN1CC(n2cccn2)C1)NC[C@H]1COc2ccccc2O1. The fraction of sp³-hybridized carbons (Fsp3) is 0.412. The molecule has 1 aromatic heterocycles. The summed E-state index contributed by atoms with van der Waals surface area (Å²) in [6.45, 7) is 3.00. The van der Waals surface area contributed by atoms with Crippen molar-refractivity contribution in [2.75, 3.05) is 32.8 Å². The molecule has 1 amide bonds. The summed E-state index contributed by atoms with van der Waals surface area (Å²) in [5.41, 5.74) is 0. The van der Waals surface area contributed by atoms with Crippen molar-refractivity contribution in [3.05, 3.63) is 42.7 Å². The van der Waals surface area contributed by atoms with Gasteiger partial charge in [-0.25, -0.2) is 0 Å². The van der Waals surface area contributed by atoms with E-state index in [1.165, 1.54) is 0 Å². The number of hydrogen-bond donors (Lipinski definition) is 1.